The Hall–Kier alpha value is -2.64. The maximum Gasteiger partial charge on any atom is 0.408 e. The van der Waals surface area contributed by atoms with Crippen molar-refractivity contribution in [1.82, 2.24) is 5.32 Å². The van der Waals surface area contributed by atoms with Crippen molar-refractivity contribution in [2.45, 2.75) is 57.0 Å². The standard InChI is InChI=1S/C26H35NO5Si/c1-25(2,3)33-32-16-10-15-26(4,23(28)30-5)27-24(29)31-17-22-20-13-8-6-11-18(20)19-12-7-9-14-21(19)22/h6-9,11-14,22H,10,15-17,33H2,1-5H3,(H,27,29)/t26-/m0/s1. The number of esters is 1. The third kappa shape index (κ3) is 6.24. The summed E-state index contributed by atoms with van der Waals surface area (Å²) in [5.41, 5.74) is 3.44. The molecule has 2 aromatic rings. The minimum Gasteiger partial charge on any atom is -0.467 e. The van der Waals surface area contributed by atoms with Crippen molar-refractivity contribution >= 4 is 21.8 Å². The highest BCUT2D eigenvalue weighted by molar-refractivity contribution is 6.31. The van der Waals surface area contributed by atoms with Gasteiger partial charge in [-0.05, 0) is 47.1 Å². The van der Waals surface area contributed by atoms with Gasteiger partial charge in [-0.25, -0.2) is 9.59 Å². The van der Waals surface area contributed by atoms with Crippen LogP contribution in [0.5, 0.6) is 0 Å². The molecule has 1 atom stereocenters. The molecule has 0 bridgehead atoms. The van der Waals surface area contributed by atoms with E-state index in [0.717, 1.165) is 11.1 Å². The fourth-order valence-corrected chi connectivity index (χ4v) is 5.17. The van der Waals surface area contributed by atoms with Gasteiger partial charge in [-0.3, -0.25) is 0 Å². The summed E-state index contributed by atoms with van der Waals surface area (Å²) in [6, 6.07) is 16.3. The maximum atomic E-state index is 12.7. The molecule has 0 unspecified atom stereocenters. The fourth-order valence-electron chi connectivity index (χ4n) is 4.21. The van der Waals surface area contributed by atoms with Crippen molar-refractivity contribution < 1.29 is 23.5 Å². The highest BCUT2D eigenvalue weighted by Crippen LogP contribution is 2.44. The van der Waals surface area contributed by atoms with Crippen molar-refractivity contribution in [3.05, 3.63) is 59.7 Å². The summed E-state index contributed by atoms with van der Waals surface area (Å²) in [6.07, 6.45) is 0.413. The van der Waals surface area contributed by atoms with E-state index in [1.54, 1.807) is 6.92 Å². The number of ether oxygens (including phenoxy) is 2. The first kappa shape index (κ1) is 25.0. The molecule has 6 nitrogen and oxygen atoms in total. The maximum absolute atomic E-state index is 12.7. The molecule has 1 aliphatic carbocycles. The summed E-state index contributed by atoms with van der Waals surface area (Å²) in [7, 11) is 0.669. The molecule has 0 aliphatic heterocycles. The van der Waals surface area contributed by atoms with Crippen molar-refractivity contribution in [2.24, 2.45) is 0 Å². The van der Waals surface area contributed by atoms with Crippen LogP contribution >= 0.6 is 0 Å². The topological polar surface area (TPSA) is 73.9 Å². The fraction of sp³-hybridized carbons (Fsp3) is 0.462. The molecule has 0 saturated carbocycles. The number of fused-ring (bicyclic) bond motifs is 3. The first-order valence-electron chi connectivity index (χ1n) is 11.4. The Labute approximate surface area is 199 Å². The number of methoxy groups -OCH3 is 1. The van der Waals surface area contributed by atoms with Gasteiger partial charge in [0.2, 0.25) is 0 Å². The Morgan fingerprint density at radius 1 is 0.970 bits per heavy atom. The number of hydrogen-bond acceptors (Lipinski definition) is 5. The van der Waals surface area contributed by atoms with Crippen LogP contribution in [0.15, 0.2) is 48.5 Å². The van der Waals surface area contributed by atoms with Gasteiger partial charge in [0.1, 0.15) is 12.1 Å². The van der Waals surface area contributed by atoms with E-state index in [9.17, 15) is 9.59 Å². The predicted octanol–water partition coefficient (Wildman–Crippen LogP) is 4.56. The number of nitrogens with one attached hydrogen (secondary N) is 1. The first-order valence-corrected chi connectivity index (χ1v) is 12.7. The first-order chi connectivity index (χ1) is 15.6. The molecule has 3 rings (SSSR count). The van der Waals surface area contributed by atoms with Crippen LogP contribution in [0, 0.1) is 0 Å². The summed E-state index contributed by atoms with van der Waals surface area (Å²) < 4.78 is 16.4. The zero-order valence-electron chi connectivity index (χ0n) is 20.3. The number of alkyl carbamates (subject to hydrolysis) is 1. The molecule has 178 valence electrons. The highest BCUT2D eigenvalue weighted by Gasteiger charge is 2.37. The van der Waals surface area contributed by atoms with E-state index >= 15 is 0 Å². The SMILES string of the molecule is COC(=O)[C@](C)(CCCO[SiH2]C(C)(C)C)NC(=O)OCC1c2ccccc2-c2ccccc21. The molecule has 0 heterocycles. The van der Waals surface area contributed by atoms with Gasteiger partial charge in [-0.1, -0.05) is 69.3 Å². The third-order valence-corrected chi connectivity index (χ3v) is 7.22. The number of amides is 1. The van der Waals surface area contributed by atoms with Gasteiger partial charge >= 0.3 is 12.1 Å². The predicted molar refractivity (Wildman–Crippen MR) is 132 cm³/mol. The molecule has 0 saturated heterocycles. The zero-order valence-corrected chi connectivity index (χ0v) is 21.7. The second-order valence-corrected chi connectivity index (χ2v) is 12.8. The summed E-state index contributed by atoms with van der Waals surface area (Å²) in [5.74, 6) is -0.535. The van der Waals surface area contributed by atoms with Crippen LogP contribution in [-0.4, -0.2) is 47.7 Å². The van der Waals surface area contributed by atoms with Crippen LogP contribution < -0.4 is 5.32 Å². The number of rotatable bonds is 9. The van der Waals surface area contributed by atoms with Gasteiger partial charge in [0.15, 0.2) is 9.76 Å². The summed E-state index contributed by atoms with van der Waals surface area (Å²) in [4.78, 5) is 25.2. The van der Waals surface area contributed by atoms with E-state index in [0.29, 0.717) is 19.4 Å². The molecule has 7 heteroatoms. The van der Waals surface area contributed by atoms with E-state index in [-0.39, 0.29) is 17.6 Å². The van der Waals surface area contributed by atoms with E-state index in [4.69, 9.17) is 13.9 Å². The number of carbonyl (C=O) groups excluding carboxylic acids is 2. The number of benzene rings is 2. The second kappa shape index (κ2) is 10.5. The number of hydrogen-bond donors (Lipinski definition) is 1. The summed E-state index contributed by atoms with van der Waals surface area (Å²) >= 11 is 0. The van der Waals surface area contributed by atoms with Crippen LogP contribution in [0.25, 0.3) is 11.1 Å². The molecule has 0 radical (unpaired) electrons. The van der Waals surface area contributed by atoms with Crippen molar-refractivity contribution in [2.75, 3.05) is 20.3 Å². The van der Waals surface area contributed by atoms with E-state index in [1.807, 2.05) is 24.3 Å². The van der Waals surface area contributed by atoms with Gasteiger partial charge in [0.25, 0.3) is 0 Å². The summed E-state index contributed by atoms with van der Waals surface area (Å²) in [5, 5.41) is 2.96. The molecule has 1 N–H and O–H groups in total. The Morgan fingerprint density at radius 2 is 1.55 bits per heavy atom. The minimum atomic E-state index is -1.18. The molecular weight excluding hydrogens is 434 g/mol. The third-order valence-electron chi connectivity index (χ3n) is 5.86. The Kier molecular flexibility index (Phi) is 7.97. The quantitative estimate of drug-likeness (QED) is 0.331. The van der Waals surface area contributed by atoms with Crippen molar-refractivity contribution in [3.8, 4) is 11.1 Å². The van der Waals surface area contributed by atoms with Gasteiger partial charge in [-0.2, -0.15) is 0 Å². The van der Waals surface area contributed by atoms with E-state index < -0.39 is 27.4 Å². The molecule has 0 fully saturated rings. The lowest BCUT2D eigenvalue weighted by molar-refractivity contribution is -0.148. The average Bonchev–Trinajstić information content (AvgIpc) is 3.10. The minimum absolute atomic E-state index is 0.0386. The van der Waals surface area contributed by atoms with Crippen LogP contribution in [0.3, 0.4) is 0 Å². The van der Waals surface area contributed by atoms with Gasteiger partial charge in [0.05, 0.1) is 7.11 Å². The van der Waals surface area contributed by atoms with Crippen LogP contribution in [0.4, 0.5) is 4.79 Å². The number of carbonyl (C=O) groups is 2. The lowest BCUT2D eigenvalue weighted by Crippen LogP contribution is -2.53. The molecule has 33 heavy (non-hydrogen) atoms. The smallest absolute Gasteiger partial charge is 0.408 e. The molecule has 1 aliphatic rings. The normalized spacial score (nSPS) is 15.1. The van der Waals surface area contributed by atoms with Crippen LogP contribution in [0.1, 0.15) is 57.6 Å². The highest BCUT2D eigenvalue weighted by atomic mass is 28.2. The van der Waals surface area contributed by atoms with Gasteiger partial charge in [-0.15, -0.1) is 0 Å². The average molecular weight is 470 g/mol. The van der Waals surface area contributed by atoms with Gasteiger partial charge in [0, 0.05) is 12.5 Å². The second-order valence-electron chi connectivity index (χ2n) is 9.99. The Bertz CT molecular complexity index is 941. The monoisotopic (exact) mass is 469 g/mol. The summed E-state index contributed by atoms with van der Waals surface area (Å²) in [6.45, 7) is 8.91. The Morgan fingerprint density at radius 3 is 2.09 bits per heavy atom. The molecule has 0 aromatic heterocycles. The van der Waals surface area contributed by atoms with E-state index in [2.05, 4.69) is 50.4 Å². The van der Waals surface area contributed by atoms with E-state index in [1.165, 1.54) is 18.2 Å². The van der Waals surface area contributed by atoms with Crippen LogP contribution in [0.2, 0.25) is 5.04 Å². The lowest BCUT2D eigenvalue weighted by Gasteiger charge is -2.28. The zero-order chi connectivity index (χ0) is 24.1. The van der Waals surface area contributed by atoms with Crippen molar-refractivity contribution in [1.29, 1.82) is 0 Å². The molecule has 0 spiro atoms. The molecule has 1 amide bonds. The lowest BCUT2D eigenvalue weighted by atomic mass is 9.96. The molecular formula is C26H35NO5Si. The van der Waals surface area contributed by atoms with Gasteiger partial charge < -0.3 is 19.2 Å². The Balaban J connectivity index is 1.60. The van der Waals surface area contributed by atoms with Crippen LogP contribution in [-0.2, 0) is 18.7 Å². The largest absolute Gasteiger partial charge is 0.467 e. The van der Waals surface area contributed by atoms with Crippen molar-refractivity contribution in [3.63, 3.8) is 0 Å². The molecule has 2 aromatic carbocycles.